The van der Waals surface area contributed by atoms with Gasteiger partial charge in [-0.25, -0.2) is 0 Å². The number of nitrogens with zero attached hydrogens (tertiary/aromatic N) is 1. The van der Waals surface area contributed by atoms with Gasteiger partial charge in [-0.15, -0.1) is 0 Å². The highest BCUT2D eigenvalue weighted by Gasteiger charge is 2.36. The Morgan fingerprint density at radius 2 is 1.81 bits per heavy atom. The van der Waals surface area contributed by atoms with Crippen LogP contribution in [0.15, 0.2) is 0 Å². The molecule has 0 aliphatic heterocycles. The summed E-state index contributed by atoms with van der Waals surface area (Å²) in [6.45, 7) is 6.42. The highest BCUT2D eigenvalue weighted by atomic mass is 16.2. The van der Waals surface area contributed by atoms with Gasteiger partial charge in [-0.3, -0.25) is 0 Å². The molecule has 2 aliphatic carbocycles. The van der Waals surface area contributed by atoms with Crippen LogP contribution < -0.4 is 5.32 Å². The molecule has 0 aromatic carbocycles. The number of hydrogen-bond acceptors (Lipinski definition) is 3. The molecule has 0 atom stereocenters. The van der Waals surface area contributed by atoms with Crippen molar-refractivity contribution >= 4 is 0 Å². The first-order valence-electron chi connectivity index (χ1n) is 9.16. The van der Waals surface area contributed by atoms with E-state index >= 15 is 0 Å². The second-order valence-corrected chi connectivity index (χ2v) is 7.86. The van der Waals surface area contributed by atoms with E-state index in [1.807, 2.05) is 0 Å². The Hall–Kier alpha value is -0.120. The van der Waals surface area contributed by atoms with Crippen LogP contribution in [0.2, 0.25) is 0 Å². The monoisotopic (exact) mass is 296 g/mol. The summed E-state index contributed by atoms with van der Waals surface area (Å²) < 4.78 is 0. The van der Waals surface area contributed by atoms with Gasteiger partial charge >= 0.3 is 0 Å². The van der Waals surface area contributed by atoms with Crippen LogP contribution in [0.5, 0.6) is 0 Å². The summed E-state index contributed by atoms with van der Waals surface area (Å²) in [4.78, 5) is 2.54. The predicted molar refractivity (Wildman–Crippen MR) is 89.5 cm³/mol. The van der Waals surface area contributed by atoms with Crippen LogP contribution >= 0.6 is 0 Å². The Kier molecular flexibility index (Phi) is 6.97. The first-order valence-corrected chi connectivity index (χ1v) is 9.16. The number of nitrogens with one attached hydrogen (secondary N) is 1. The van der Waals surface area contributed by atoms with E-state index in [9.17, 15) is 0 Å². The van der Waals surface area contributed by atoms with E-state index in [1.165, 1.54) is 64.6 Å². The van der Waals surface area contributed by atoms with Crippen molar-refractivity contribution in [1.29, 1.82) is 0 Å². The maximum absolute atomic E-state index is 8.86. The van der Waals surface area contributed by atoms with E-state index in [4.69, 9.17) is 5.11 Å². The minimum absolute atomic E-state index is 0.344. The smallest absolute Gasteiger partial charge is 0.0431 e. The molecule has 0 radical (unpaired) electrons. The molecule has 2 fully saturated rings. The molecule has 124 valence electrons. The van der Waals surface area contributed by atoms with Crippen molar-refractivity contribution in [3.63, 3.8) is 0 Å². The highest BCUT2D eigenvalue weighted by molar-refractivity contribution is 4.92. The lowest BCUT2D eigenvalue weighted by atomic mass is 9.70. The van der Waals surface area contributed by atoms with E-state index in [-0.39, 0.29) is 0 Å². The summed E-state index contributed by atoms with van der Waals surface area (Å²) in [5.74, 6) is 0.925. The van der Waals surface area contributed by atoms with Gasteiger partial charge in [0.25, 0.3) is 0 Å². The molecule has 2 saturated carbocycles. The molecule has 3 heteroatoms. The molecule has 0 aromatic heterocycles. The van der Waals surface area contributed by atoms with Crippen LogP contribution in [0.1, 0.15) is 64.7 Å². The summed E-state index contributed by atoms with van der Waals surface area (Å²) in [5, 5.41) is 12.7. The van der Waals surface area contributed by atoms with E-state index in [0.717, 1.165) is 24.8 Å². The van der Waals surface area contributed by atoms with Gasteiger partial charge in [0, 0.05) is 25.7 Å². The van der Waals surface area contributed by atoms with Gasteiger partial charge in [-0.1, -0.05) is 19.8 Å². The molecular formula is C18H36N2O. The Labute approximate surface area is 131 Å². The van der Waals surface area contributed by atoms with E-state index < -0.39 is 0 Å². The van der Waals surface area contributed by atoms with Crippen molar-refractivity contribution in [2.45, 2.75) is 70.8 Å². The maximum atomic E-state index is 8.86. The van der Waals surface area contributed by atoms with Gasteiger partial charge in [0.15, 0.2) is 0 Å². The van der Waals surface area contributed by atoms with Crippen LogP contribution in [0, 0.1) is 11.3 Å². The minimum atomic E-state index is 0.344. The van der Waals surface area contributed by atoms with Crippen molar-refractivity contribution < 1.29 is 5.11 Å². The second kappa shape index (κ2) is 8.50. The number of rotatable bonds is 10. The van der Waals surface area contributed by atoms with Gasteiger partial charge in [0.1, 0.15) is 0 Å². The normalized spacial score (nSPS) is 30.0. The number of aliphatic hydroxyl groups excluding tert-OH is 1. The largest absolute Gasteiger partial charge is 0.396 e. The minimum Gasteiger partial charge on any atom is -0.396 e. The molecular weight excluding hydrogens is 260 g/mol. The molecule has 0 saturated heterocycles. The van der Waals surface area contributed by atoms with E-state index in [0.29, 0.717) is 12.0 Å². The topological polar surface area (TPSA) is 35.5 Å². The average Bonchev–Trinajstić information content (AvgIpc) is 3.29. The van der Waals surface area contributed by atoms with Crippen molar-refractivity contribution in [3.8, 4) is 0 Å². The quantitative estimate of drug-likeness (QED) is 0.608. The van der Waals surface area contributed by atoms with Gasteiger partial charge in [0.05, 0.1) is 0 Å². The average molecular weight is 296 g/mol. The summed E-state index contributed by atoms with van der Waals surface area (Å²) in [7, 11) is 2.29. The van der Waals surface area contributed by atoms with Crippen LogP contribution in [0.4, 0.5) is 0 Å². The molecule has 2 N–H and O–H groups in total. The molecule has 3 nitrogen and oxygen atoms in total. The van der Waals surface area contributed by atoms with E-state index in [2.05, 4.69) is 24.2 Å². The first-order chi connectivity index (χ1) is 10.1. The van der Waals surface area contributed by atoms with Crippen molar-refractivity contribution in [2.24, 2.45) is 11.3 Å². The summed E-state index contributed by atoms with van der Waals surface area (Å²) >= 11 is 0. The second-order valence-electron chi connectivity index (χ2n) is 7.86. The summed E-state index contributed by atoms with van der Waals surface area (Å²) in [5.41, 5.74) is 0.515. The third-order valence-corrected chi connectivity index (χ3v) is 5.48. The zero-order chi connectivity index (χ0) is 15.1. The Balaban J connectivity index is 1.76. The van der Waals surface area contributed by atoms with Crippen LogP contribution in [-0.2, 0) is 0 Å². The van der Waals surface area contributed by atoms with Gasteiger partial charge in [-0.2, -0.15) is 0 Å². The Morgan fingerprint density at radius 1 is 1.10 bits per heavy atom. The van der Waals surface area contributed by atoms with Gasteiger partial charge in [-0.05, 0) is 69.9 Å². The van der Waals surface area contributed by atoms with Crippen molar-refractivity contribution in [3.05, 3.63) is 0 Å². The molecule has 0 heterocycles. The van der Waals surface area contributed by atoms with Crippen LogP contribution in [-0.4, -0.2) is 49.3 Å². The van der Waals surface area contributed by atoms with Gasteiger partial charge < -0.3 is 15.3 Å². The number of hydrogen-bond donors (Lipinski definition) is 2. The fraction of sp³-hybridized carbons (Fsp3) is 1.00. The molecule has 2 rings (SSSR count). The molecule has 0 spiro atoms. The fourth-order valence-electron chi connectivity index (χ4n) is 3.74. The number of unbranched alkanes of at least 4 members (excludes halogenated alkanes) is 2. The SMILES string of the molecule is CC1CCC(CNC2CC2)(CN(C)CCCCCO)CC1. The molecule has 21 heavy (non-hydrogen) atoms. The predicted octanol–water partition coefficient (Wildman–Crippen LogP) is 3.03. The molecule has 0 bridgehead atoms. The zero-order valence-electron chi connectivity index (χ0n) is 14.2. The third-order valence-electron chi connectivity index (χ3n) is 5.48. The first kappa shape index (κ1) is 17.2. The van der Waals surface area contributed by atoms with Crippen molar-refractivity contribution in [1.82, 2.24) is 10.2 Å². The maximum Gasteiger partial charge on any atom is 0.0431 e. The van der Waals surface area contributed by atoms with Crippen LogP contribution in [0.25, 0.3) is 0 Å². The van der Waals surface area contributed by atoms with Crippen molar-refractivity contribution in [2.75, 3.05) is 33.3 Å². The Morgan fingerprint density at radius 3 is 2.43 bits per heavy atom. The van der Waals surface area contributed by atoms with Crippen LogP contribution in [0.3, 0.4) is 0 Å². The molecule has 0 aromatic rings. The standard InChI is InChI=1S/C18H36N2O/c1-16-8-10-18(11-9-16,14-19-17-6-7-17)15-20(2)12-4-3-5-13-21/h16-17,19,21H,3-15H2,1-2H3. The molecule has 0 unspecified atom stereocenters. The summed E-state index contributed by atoms with van der Waals surface area (Å²) in [6, 6.07) is 0.830. The Bertz CT molecular complexity index is 283. The summed E-state index contributed by atoms with van der Waals surface area (Å²) in [6.07, 6.45) is 11.7. The number of aliphatic hydroxyl groups is 1. The molecule has 2 aliphatic rings. The lowest BCUT2D eigenvalue weighted by Gasteiger charge is -2.42. The third kappa shape index (κ3) is 6.25. The highest BCUT2D eigenvalue weighted by Crippen LogP contribution is 2.39. The lowest BCUT2D eigenvalue weighted by molar-refractivity contribution is 0.0973. The molecule has 0 amide bonds. The van der Waals surface area contributed by atoms with Gasteiger partial charge in [0.2, 0.25) is 0 Å². The van der Waals surface area contributed by atoms with E-state index in [1.54, 1.807) is 0 Å². The fourth-order valence-corrected chi connectivity index (χ4v) is 3.74. The zero-order valence-corrected chi connectivity index (χ0v) is 14.2. The lowest BCUT2D eigenvalue weighted by Crippen LogP contribution is -2.45.